The number of Topliss-reactive ketones (excluding diaryl/α,β-unsaturated/α-hetero) is 1. The zero-order valence-corrected chi connectivity index (χ0v) is 19.7. The molecule has 2 unspecified atom stereocenters. The van der Waals surface area contributed by atoms with Gasteiger partial charge in [-0.25, -0.2) is 4.79 Å². The molecule has 1 aromatic carbocycles. The molecule has 0 spiro atoms. The van der Waals surface area contributed by atoms with E-state index in [4.69, 9.17) is 9.47 Å². The van der Waals surface area contributed by atoms with Crippen LogP contribution >= 0.6 is 0 Å². The molecule has 0 aliphatic carbocycles. The van der Waals surface area contributed by atoms with Gasteiger partial charge in [-0.1, -0.05) is 6.07 Å². The van der Waals surface area contributed by atoms with Crippen molar-refractivity contribution in [3.05, 3.63) is 23.8 Å². The predicted molar refractivity (Wildman–Crippen MR) is 120 cm³/mol. The monoisotopic (exact) mass is 433 g/mol. The number of hydrogen-bond acceptors (Lipinski definition) is 6. The highest BCUT2D eigenvalue weighted by molar-refractivity contribution is 5.97. The van der Waals surface area contributed by atoms with Crippen LogP contribution in [0.15, 0.2) is 18.2 Å². The topological polar surface area (TPSA) is 88.2 Å². The number of hydrogen-bond donors (Lipinski definition) is 1. The van der Waals surface area contributed by atoms with Gasteiger partial charge in [-0.3, -0.25) is 9.59 Å². The summed E-state index contributed by atoms with van der Waals surface area (Å²) in [5, 5.41) is 2.58. The fourth-order valence-corrected chi connectivity index (χ4v) is 3.82. The number of amides is 2. The Morgan fingerprint density at radius 2 is 1.94 bits per heavy atom. The summed E-state index contributed by atoms with van der Waals surface area (Å²) in [7, 11) is 5.63. The second-order valence-electron chi connectivity index (χ2n) is 9.20. The van der Waals surface area contributed by atoms with E-state index in [0.29, 0.717) is 6.54 Å². The Morgan fingerprint density at radius 3 is 2.48 bits per heavy atom. The molecule has 1 heterocycles. The van der Waals surface area contributed by atoms with Crippen LogP contribution in [-0.2, 0) is 14.3 Å². The molecule has 0 saturated carbocycles. The molecule has 2 rings (SSSR count). The highest BCUT2D eigenvalue weighted by Gasteiger charge is 2.35. The molecule has 1 aliphatic rings. The third-order valence-electron chi connectivity index (χ3n) is 5.08. The van der Waals surface area contributed by atoms with Crippen LogP contribution in [0.25, 0.3) is 0 Å². The SMILES string of the molecule is COc1cccc2c1C(CN(C)C)CN2C(=O)CCC(NC(=O)OC(C)(C)C)C(C)=O. The molecule has 2 atom stereocenters. The van der Waals surface area contributed by atoms with Crippen molar-refractivity contribution < 1.29 is 23.9 Å². The first kappa shape index (κ1) is 24.7. The number of nitrogens with one attached hydrogen (secondary N) is 1. The molecular formula is C23H35N3O5. The number of nitrogens with zero attached hydrogens (tertiary/aromatic N) is 2. The average molecular weight is 434 g/mol. The number of carbonyl (C=O) groups excluding carboxylic acids is 3. The fraction of sp³-hybridized carbons (Fsp3) is 0.609. The molecule has 172 valence electrons. The Hall–Kier alpha value is -2.61. The summed E-state index contributed by atoms with van der Waals surface area (Å²) >= 11 is 0. The number of alkyl carbamates (subject to hydrolysis) is 1. The molecule has 0 aromatic heterocycles. The van der Waals surface area contributed by atoms with Crippen LogP contribution < -0.4 is 15.0 Å². The molecule has 8 heteroatoms. The fourth-order valence-electron chi connectivity index (χ4n) is 3.82. The van der Waals surface area contributed by atoms with Gasteiger partial charge in [0.25, 0.3) is 0 Å². The quantitative estimate of drug-likeness (QED) is 0.678. The number of rotatable bonds is 8. The smallest absolute Gasteiger partial charge is 0.408 e. The summed E-state index contributed by atoms with van der Waals surface area (Å²) in [6, 6.07) is 4.93. The van der Waals surface area contributed by atoms with Gasteiger partial charge >= 0.3 is 6.09 Å². The number of anilines is 1. The van der Waals surface area contributed by atoms with Crippen LogP contribution in [0, 0.1) is 0 Å². The van der Waals surface area contributed by atoms with Crippen molar-refractivity contribution in [1.29, 1.82) is 0 Å². The van der Waals surface area contributed by atoms with Gasteiger partial charge in [0, 0.05) is 31.0 Å². The number of carbonyl (C=O) groups is 3. The molecule has 2 amide bonds. The van der Waals surface area contributed by atoms with Crippen molar-refractivity contribution in [3.8, 4) is 5.75 Å². The Balaban J connectivity index is 2.11. The van der Waals surface area contributed by atoms with E-state index >= 15 is 0 Å². The van der Waals surface area contributed by atoms with Crippen LogP contribution in [0.5, 0.6) is 5.75 Å². The van der Waals surface area contributed by atoms with Crippen molar-refractivity contribution >= 4 is 23.5 Å². The van der Waals surface area contributed by atoms with Crippen LogP contribution in [0.3, 0.4) is 0 Å². The minimum absolute atomic E-state index is 0.0898. The first-order valence-electron chi connectivity index (χ1n) is 10.5. The largest absolute Gasteiger partial charge is 0.496 e. The van der Waals surface area contributed by atoms with Gasteiger partial charge in [0.2, 0.25) is 5.91 Å². The van der Waals surface area contributed by atoms with Crippen molar-refractivity contribution in [2.45, 2.75) is 58.1 Å². The van der Waals surface area contributed by atoms with Crippen LogP contribution in [-0.4, -0.2) is 68.6 Å². The maximum Gasteiger partial charge on any atom is 0.408 e. The van der Waals surface area contributed by atoms with Crippen LogP contribution in [0.2, 0.25) is 0 Å². The zero-order valence-electron chi connectivity index (χ0n) is 19.7. The number of ether oxygens (including phenoxy) is 2. The summed E-state index contributed by atoms with van der Waals surface area (Å²) in [4.78, 5) is 41.0. The molecule has 1 aromatic rings. The van der Waals surface area contributed by atoms with Gasteiger partial charge in [0.15, 0.2) is 5.78 Å². The number of likely N-dealkylation sites (N-methyl/N-ethyl adjacent to an activating group) is 1. The lowest BCUT2D eigenvalue weighted by Gasteiger charge is -2.23. The lowest BCUT2D eigenvalue weighted by atomic mass is 10.00. The molecule has 0 fully saturated rings. The van der Waals surface area contributed by atoms with Crippen molar-refractivity contribution in [1.82, 2.24) is 10.2 Å². The third kappa shape index (κ3) is 6.69. The van der Waals surface area contributed by atoms with Crippen LogP contribution in [0.1, 0.15) is 52.0 Å². The molecule has 8 nitrogen and oxygen atoms in total. The van der Waals surface area contributed by atoms with Gasteiger partial charge in [0.1, 0.15) is 11.4 Å². The highest BCUT2D eigenvalue weighted by atomic mass is 16.6. The van der Waals surface area contributed by atoms with Gasteiger partial charge in [-0.05, 0) is 60.3 Å². The summed E-state index contributed by atoms with van der Waals surface area (Å²) in [6.07, 6.45) is -0.324. The van der Waals surface area contributed by atoms with Crippen molar-refractivity contribution in [2.24, 2.45) is 0 Å². The number of fused-ring (bicyclic) bond motifs is 1. The van der Waals surface area contributed by atoms with Gasteiger partial charge in [-0.2, -0.15) is 0 Å². The average Bonchev–Trinajstić information content (AvgIpc) is 3.01. The van der Waals surface area contributed by atoms with E-state index in [2.05, 4.69) is 10.2 Å². The van der Waals surface area contributed by atoms with Crippen LogP contribution in [0.4, 0.5) is 10.5 Å². The standard InChI is InChI=1S/C23H35N3O5/c1-15(27)17(24-22(29)31-23(2,3)4)11-12-20(28)26-14-16(13-25(5)6)21-18(26)9-8-10-19(21)30-7/h8-10,16-17H,11-14H2,1-7H3,(H,24,29). The first-order valence-corrected chi connectivity index (χ1v) is 10.5. The van der Waals surface area contributed by atoms with Gasteiger partial charge < -0.3 is 24.6 Å². The maximum atomic E-state index is 13.1. The Bertz CT molecular complexity index is 816. The van der Waals surface area contributed by atoms with E-state index in [9.17, 15) is 14.4 Å². The van der Waals surface area contributed by atoms with Gasteiger partial charge in [0.05, 0.1) is 18.8 Å². The Morgan fingerprint density at radius 1 is 1.26 bits per heavy atom. The second kappa shape index (κ2) is 10.1. The highest BCUT2D eigenvalue weighted by Crippen LogP contribution is 2.42. The number of methoxy groups -OCH3 is 1. The normalized spacial score (nSPS) is 16.6. The second-order valence-corrected chi connectivity index (χ2v) is 9.20. The van der Waals surface area contributed by atoms with E-state index in [1.807, 2.05) is 32.3 Å². The van der Waals surface area contributed by atoms with Crippen molar-refractivity contribution in [3.63, 3.8) is 0 Å². The minimum atomic E-state index is -0.774. The summed E-state index contributed by atoms with van der Waals surface area (Å²) in [5.74, 6) is 0.599. The molecule has 0 bridgehead atoms. The molecule has 0 saturated heterocycles. The van der Waals surface area contributed by atoms with E-state index in [-0.39, 0.29) is 30.4 Å². The Labute approximate surface area is 184 Å². The predicted octanol–water partition coefficient (Wildman–Crippen LogP) is 2.95. The summed E-state index contributed by atoms with van der Waals surface area (Å²) in [5.41, 5.74) is 1.21. The maximum absolute atomic E-state index is 13.1. The number of benzene rings is 1. The van der Waals surface area contributed by atoms with Gasteiger partial charge in [-0.15, -0.1) is 0 Å². The number of ketones is 1. The lowest BCUT2D eigenvalue weighted by Crippen LogP contribution is -2.43. The molecule has 1 N–H and O–H groups in total. The molecule has 0 radical (unpaired) electrons. The van der Waals surface area contributed by atoms with E-state index < -0.39 is 17.7 Å². The van der Waals surface area contributed by atoms with E-state index in [0.717, 1.165) is 23.5 Å². The first-order chi connectivity index (χ1) is 14.4. The third-order valence-corrected chi connectivity index (χ3v) is 5.08. The Kier molecular flexibility index (Phi) is 8.06. The molecule has 1 aliphatic heterocycles. The van der Waals surface area contributed by atoms with E-state index in [1.165, 1.54) is 6.92 Å². The van der Waals surface area contributed by atoms with E-state index in [1.54, 1.807) is 32.8 Å². The zero-order chi connectivity index (χ0) is 23.3. The summed E-state index contributed by atoms with van der Waals surface area (Å²) < 4.78 is 10.8. The molecule has 31 heavy (non-hydrogen) atoms. The van der Waals surface area contributed by atoms with Crippen molar-refractivity contribution in [2.75, 3.05) is 39.2 Å². The lowest BCUT2D eigenvalue weighted by molar-refractivity contribution is -0.120. The summed E-state index contributed by atoms with van der Waals surface area (Å²) in [6.45, 7) is 7.99. The molecular weight excluding hydrogens is 398 g/mol. The minimum Gasteiger partial charge on any atom is -0.496 e.